The van der Waals surface area contributed by atoms with Crippen LogP contribution in [-0.2, 0) is 6.18 Å². The number of rotatable bonds is 6. The Kier molecular flexibility index (Phi) is 5.91. The Labute approximate surface area is 113 Å². The van der Waals surface area contributed by atoms with E-state index in [2.05, 4.69) is 20.9 Å². The molecule has 18 heavy (non-hydrogen) atoms. The number of hydrogen-bond acceptors (Lipinski definition) is 2. The van der Waals surface area contributed by atoms with Crippen molar-refractivity contribution in [3.8, 4) is 0 Å². The van der Waals surface area contributed by atoms with Crippen LogP contribution < -0.4 is 4.90 Å². The van der Waals surface area contributed by atoms with Crippen LogP contribution in [0.15, 0.2) is 18.3 Å². The summed E-state index contributed by atoms with van der Waals surface area (Å²) in [6, 6.07) is 2.48. The summed E-state index contributed by atoms with van der Waals surface area (Å²) >= 11 is 3.36. The van der Waals surface area contributed by atoms with Gasteiger partial charge in [0, 0.05) is 25.1 Å². The summed E-state index contributed by atoms with van der Waals surface area (Å²) in [5, 5.41) is 0.981. The molecular formula is C12H16BrF3N2. The molecule has 0 aliphatic rings. The second-order valence-corrected chi connectivity index (χ2v) is 4.87. The van der Waals surface area contributed by atoms with Crippen LogP contribution in [0.3, 0.4) is 0 Å². The first kappa shape index (κ1) is 15.3. The van der Waals surface area contributed by atoms with Crippen LogP contribution in [0.25, 0.3) is 0 Å². The van der Waals surface area contributed by atoms with Crippen LogP contribution in [0, 0.1) is 0 Å². The molecule has 1 aromatic rings. The summed E-state index contributed by atoms with van der Waals surface area (Å²) in [6.07, 6.45) is -0.237. The molecule has 0 radical (unpaired) electrons. The van der Waals surface area contributed by atoms with Crippen LogP contribution >= 0.6 is 15.9 Å². The maximum atomic E-state index is 12.4. The quantitative estimate of drug-likeness (QED) is 0.578. The van der Waals surface area contributed by atoms with E-state index in [0.717, 1.165) is 43.4 Å². The molecule has 0 aromatic carbocycles. The Hall–Kier alpha value is -0.780. The fraction of sp³-hybridized carbons (Fsp3) is 0.583. The number of halogens is 4. The highest BCUT2D eigenvalue weighted by molar-refractivity contribution is 9.09. The van der Waals surface area contributed by atoms with Gasteiger partial charge in [-0.25, -0.2) is 4.98 Å². The van der Waals surface area contributed by atoms with Crippen LogP contribution in [0.2, 0.25) is 0 Å². The molecule has 0 N–H and O–H groups in total. The van der Waals surface area contributed by atoms with E-state index >= 15 is 0 Å². The summed E-state index contributed by atoms with van der Waals surface area (Å²) in [4.78, 5) is 5.71. The molecule has 0 amide bonds. The number of unbranched alkanes of at least 4 members (excludes halogenated alkanes) is 2. The van der Waals surface area contributed by atoms with Crippen molar-refractivity contribution in [2.75, 3.05) is 23.8 Å². The number of hydrogen-bond donors (Lipinski definition) is 0. The molecule has 0 saturated heterocycles. The van der Waals surface area contributed by atoms with E-state index in [-0.39, 0.29) is 0 Å². The predicted molar refractivity (Wildman–Crippen MR) is 70.2 cm³/mol. The van der Waals surface area contributed by atoms with E-state index in [1.165, 1.54) is 6.07 Å². The van der Waals surface area contributed by atoms with Crippen molar-refractivity contribution in [1.29, 1.82) is 0 Å². The number of aromatic nitrogens is 1. The van der Waals surface area contributed by atoms with E-state index in [1.54, 1.807) is 0 Å². The molecule has 0 aliphatic carbocycles. The average Bonchev–Trinajstić information content (AvgIpc) is 2.33. The van der Waals surface area contributed by atoms with E-state index < -0.39 is 11.7 Å². The smallest absolute Gasteiger partial charge is 0.360 e. The fourth-order valence-electron chi connectivity index (χ4n) is 1.51. The molecular weight excluding hydrogens is 309 g/mol. The highest BCUT2D eigenvalue weighted by atomic mass is 79.9. The summed E-state index contributed by atoms with van der Waals surface area (Å²) in [5.41, 5.74) is -0.709. The van der Waals surface area contributed by atoms with Crippen LogP contribution in [0.1, 0.15) is 24.8 Å². The largest absolute Gasteiger partial charge is 0.417 e. The van der Waals surface area contributed by atoms with Gasteiger partial charge in [-0.2, -0.15) is 13.2 Å². The van der Waals surface area contributed by atoms with Crippen molar-refractivity contribution in [1.82, 2.24) is 4.98 Å². The molecule has 0 atom stereocenters. The highest BCUT2D eigenvalue weighted by Gasteiger charge is 2.30. The first-order valence-electron chi connectivity index (χ1n) is 5.75. The van der Waals surface area contributed by atoms with E-state index in [4.69, 9.17) is 0 Å². The zero-order chi connectivity index (χ0) is 13.6. The van der Waals surface area contributed by atoms with E-state index in [1.807, 2.05) is 11.9 Å². The van der Waals surface area contributed by atoms with Gasteiger partial charge >= 0.3 is 6.18 Å². The van der Waals surface area contributed by atoms with Crippen molar-refractivity contribution in [3.63, 3.8) is 0 Å². The summed E-state index contributed by atoms with van der Waals surface area (Å²) in [7, 11) is 1.84. The first-order chi connectivity index (χ1) is 8.45. The van der Waals surface area contributed by atoms with Crippen molar-refractivity contribution < 1.29 is 13.2 Å². The zero-order valence-electron chi connectivity index (χ0n) is 10.2. The topological polar surface area (TPSA) is 16.1 Å². The molecule has 0 unspecified atom stereocenters. The van der Waals surface area contributed by atoms with Crippen molar-refractivity contribution in [2.45, 2.75) is 25.4 Å². The summed E-state index contributed by atoms with van der Waals surface area (Å²) < 4.78 is 37.1. The lowest BCUT2D eigenvalue weighted by Gasteiger charge is -2.18. The minimum absolute atomic E-state index is 0.571. The molecule has 0 aliphatic heterocycles. The molecule has 0 bridgehead atoms. The van der Waals surface area contributed by atoms with Gasteiger partial charge in [0.05, 0.1) is 5.56 Å². The highest BCUT2D eigenvalue weighted by Crippen LogP contribution is 2.29. The molecule has 1 aromatic heterocycles. The van der Waals surface area contributed by atoms with Crippen LogP contribution in [0.5, 0.6) is 0 Å². The summed E-state index contributed by atoms with van der Waals surface area (Å²) in [5.74, 6) is 0.571. The SMILES string of the molecule is CN(CCCCCBr)c1ccc(C(F)(F)F)cn1. The van der Waals surface area contributed by atoms with Gasteiger partial charge in [0.15, 0.2) is 0 Å². The Morgan fingerprint density at radius 1 is 1.22 bits per heavy atom. The van der Waals surface area contributed by atoms with Crippen molar-refractivity contribution in [2.24, 2.45) is 0 Å². The normalized spacial score (nSPS) is 11.6. The lowest BCUT2D eigenvalue weighted by Crippen LogP contribution is -2.20. The monoisotopic (exact) mass is 324 g/mol. The Bertz CT molecular complexity index is 351. The Morgan fingerprint density at radius 2 is 1.94 bits per heavy atom. The number of nitrogens with zero attached hydrogens (tertiary/aromatic N) is 2. The Morgan fingerprint density at radius 3 is 2.44 bits per heavy atom. The predicted octanol–water partition coefficient (Wildman–Crippen LogP) is 4.10. The first-order valence-corrected chi connectivity index (χ1v) is 6.87. The van der Waals surface area contributed by atoms with Crippen molar-refractivity contribution in [3.05, 3.63) is 23.9 Å². The number of pyridine rings is 1. The molecule has 1 rings (SSSR count). The van der Waals surface area contributed by atoms with Crippen LogP contribution in [-0.4, -0.2) is 23.9 Å². The third-order valence-corrected chi connectivity index (χ3v) is 3.15. The molecule has 0 fully saturated rings. The lowest BCUT2D eigenvalue weighted by atomic mass is 10.2. The second-order valence-electron chi connectivity index (χ2n) is 4.07. The zero-order valence-corrected chi connectivity index (χ0v) is 11.8. The van der Waals surface area contributed by atoms with Crippen molar-refractivity contribution >= 4 is 21.7 Å². The fourth-order valence-corrected chi connectivity index (χ4v) is 1.91. The van der Waals surface area contributed by atoms with Gasteiger partial charge < -0.3 is 4.90 Å². The van der Waals surface area contributed by atoms with Gasteiger partial charge in [-0.15, -0.1) is 0 Å². The molecule has 6 heteroatoms. The standard InChI is InChI=1S/C12H16BrF3N2/c1-18(8-4-2-3-7-13)11-6-5-10(9-17-11)12(14,15)16/h5-6,9H,2-4,7-8H2,1H3. The number of anilines is 1. The van der Waals surface area contributed by atoms with Gasteiger partial charge in [0.2, 0.25) is 0 Å². The van der Waals surface area contributed by atoms with E-state index in [9.17, 15) is 13.2 Å². The molecule has 102 valence electrons. The summed E-state index contributed by atoms with van der Waals surface area (Å²) in [6.45, 7) is 0.797. The number of alkyl halides is 4. The van der Waals surface area contributed by atoms with Crippen LogP contribution in [0.4, 0.5) is 19.0 Å². The van der Waals surface area contributed by atoms with Gasteiger partial charge in [0.25, 0.3) is 0 Å². The molecule has 1 heterocycles. The molecule has 0 saturated carbocycles. The Balaban J connectivity index is 2.51. The third kappa shape index (κ3) is 4.84. The van der Waals surface area contributed by atoms with Gasteiger partial charge in [-0.3, -0.25) is 0 Å². The van der Waals surface area contributed by atoms with Gasteiger partial charge in [-0.1, -0.05) is 22.4 Å². The minimum Gasteiger partial charge on any atom is -0.360 e. The molecule has 0 spiro atoms. The van der Waals surface area contributed by atoms with E-state index in [0.29, 0.717) is 5.82 Å². The third-order valence-electron chi connectivity index (χ3n) is 2.59. The maximum Gasteiger partial charge on any atom is 0.417 e. The van der Waals surface area contributed by atoms with Gasteiger partial charge in [-0.05, 0) is 25.0 Å². The second kappa shape index (κ2) is 6.97. The lowest BCUT2D eigenvalue weighted by molar-refractivity contribution is -0.137. The maximum absolute atomic E-state index is 12.4. The van der Waals surface area contributed by atoms with Gasteiger partial charge in [0.1, 0.15) is 5.82 Å². The molecule has 2 nitrogen and oxygen atoms in total. The minimum atomic E-state index is -4.32. The average molecular weight is 325 g/mol.